The van der Waals surface area contributed by atoms with Gasteiger partial charge in [-0.3, -0.25) is 4.90 Å². The molecule has 5 nitrogen and oxygen atoms in total. The quantitative estimate of drug-likeness (QED) is 0.819. The summed E-state index contributed by atoms with van der Waals surface area (Å²) in [6.07, 6.45) is 0.128. The summed E-state index contributed by atoms with van der Waals surface area (Å²) in [4.78, 5) is 15.7. The normalized spacial score (nSPS) is 32.2. The van der Waals surface area contributed by atoms with Crippen molar-refractivity contribution in [3.63, 3.8) is 0 Å². The van der Waals surface area contributed by atoms with Crippen molar-refractivity contribution in [2.45, 2.75) is 62.9 Å². The van der Waals surface area contributed by atoms with Gasteiger partial charge >= 0.3 is 12.2 Å². The molecule has 0 aromatic heterocycles. The number of carbonyl (C=O) groups excluding carboxylic acids is 1. The Morgan fingerprint density at radius 3 is 2.21 bits per heavy atom. The number of carbonyl (C=O) groups is 1. The topological polar surface area (TPSA) is 55.8 Å². The van der Waals surface area contributed by atoms with Crippen LogP contribution in [0.3, 0.4) is 0 Å². The van der Waals surface area contributed by atoms with Crippen molar-refractivity contribution < 1.29 is 23.1 Å². The minimum absolute atomic E-state index is 0.0767. The molecule has 2 unspecified atom stereocenters. The van der Waals surface area contributed by atoms with E-state index in [1.807, 2.05) is 4.90 Å². The molecular formula is C16H26F3N3O2. The molecule has 24 heavy (non-hydrogen) atoms. The zero-order chi connectivity index (χ0) is 17.3. The molecule has 3 aliphatic rings. The van der Waals surface area contributed by atoms with Gasteiger partial charge < -0.3 is 15.3 Å². The van der Waals surface area contributed by atoms with E-state index in [0.717, 1.165) is 12.8 Å². The molecule has 3 saturated heterocycles. The maximum atomic E-state index is 12.4. The second-order valence-electron chi connectivity index (χ2n) is 7.44. The first-order valence-electron chi connectivity index (χ1n) is 8.85. The zero-order valence-corrected chi connectivity index (χ0v) is 13.8. The van der Waals surface area contributed by atoms with Gasteiger partial charge in [0.1, 0.15) is 0 Å². The van der Waals surface area contributed by atoms with Crippen LogP contribution < -0.4 is 5.32 Å². The van der Waals surface area contributed by atoms with Gasteiger partial charge in [-0.1, -0.05) is 0 Å². The van der Waals surface area contributed by atoms with Crippen molar-refractivity contribution in [3.05, 3.63) is 0 Å². The molecule has 3 heterocycles. The van der Waals surface area contributed by atoms with Crippen LogP contribution in [-0.2, 0) is 0 Å². The summed E-state index contributed by atoms with van der Waals surface area (Å²) < 4.78 is 37.1. The number of amides is 2. The number of likely N-dealkylation sites (tertiary alicyclic amines) is 1. The highest BCUT2D eigenvalue weighted by atomic mass is 19.4. The number of alkyl halides is 3. The van der Waals surface area contributed by atoms with E-state index in [4.69, 9.17) is 0 Å². The Labute approximate surface area is 140 Å². The van der Waals surface area contributed by atoms with Crippen LogP contribution in [0.2, 0.25) is 0 Å². The van der Waals surface area contributed by atoms with Crippen molar-refractivity contribution in [2.24, 2.45) is 5.92 Å². The van der Waals surface area contributed by atoms with Crippen molar-refractivity contribution in [2.75, 3.05) is 26.2 Å². The average Bonchev–Trinajstić information content (AvgIpc) is 2.77. The lowest BCUT2D eigenvalue weighted by Gasteiger charge is -2.38. The van der Waals surface area contributed by atoms with E-state index in [-0.39, 0.29) is 30.1 Å². The highest BCUT2D eigenvalue weighted by molar-refractivity contribution is 5.75. The molecule has 0 saturated carbocycles. The first-order chi connectivity index (χ1) is 11.3. The van der Waals surface area contributed by atoms with Crippen LogP contribution in [0, 0.1) is 5.92 Å². The van der Waals surface area contributed by atoms with Crippen molar-refractivity contribution in [1.29, 1.82) is 0 Å². The van der Waals surface area contributed by atoms with Crippen molar-refractivity contribution in [1.82, 2.24) is 15.1 Å². The lowest BCUT2D eigenvalue weighted by atomic mass is 9.96. The first kappa shape index (κ1) is 17.8. The largest absolute Gasteiger partial charge is 0.401 e. The monoisotopic (exact) mass is 349 g/mol. The maximum Gasteiger partial charge on any atom is 0.401 e. The number of halogens is 3. The lowest BCUT2D eigenvalue weighted by Crippen LogP contribution is -2.53. The summed E-state index contributed by atoms with van der Waals surface area (Å²) in [5, 5.41) is 12.8. The molecule has 0 aromatic carbocycles. The molecular weight excluding hydrogens is 323 g/mol. The van der Waals surface area contributed by atoms with Gasteiger partial charge in [0.05, 0.1) is 12.6 Å². The number of rotatable bonds is 3. The third-order valence-corrected chi connectivity index (χ3v) is 5.59. The van der Waals surface area contributed by atoms with Crippen LogP contribution in [0.1, 0.15) is 38.5 Å². The number of hydrogen-bond acceptors (Lipinski definition) is 3. The van der Waals surface area contributed by atoms with Crippen LogP contribution in [-0.4, -0.2) is 71.5 Å². The van der Waals surface area contributed by atoms with Crippen LogP contribution in [0.5, 0.6) is 0 Å². The van der Waals surface area contributed by atoms with E-state index in [9.17, 15) is 23.1 Å². The summed E-state index contributed by atoms with van der Waals surface area (Å²) >= 11 is 0. The number of fused-ring (bicyclic) bond motifs is 2. The van der Waals surface area contributed by atoms with E-state index in [2.05, 4.69) is 5.32 Å². The molecule has 3 aliphatic heterocycles. The number of aliphatic hydroxyl groups excluding tert-OH is 1. The second kappa shape index (κ2) is 7.07. The van der Waals surface area contributed by atoms with Crippen molar-refractivity contribution >= 4 is 6.03 Å². The number of nitrogens with zero attached hydrogens (tertiary/aromatic N) is 2. The van der Waals surface area contributed by atoms with Crippen LogP contribution in [0.15, 0.2) is 0 Å². The number of aliphatic hydroxyl groups is 1. The Hall–Kier alpha value is -1.02. The fourth-order valence-corrected chi connectivity index (χ4v) is 4.41. The van der Waals surface area contributed by atoms with E-state index < -0.39 is 12.7 Å². The fourth-order valence-electron chi connectivity index (χ4n) is 4.41. The zero-order valence-electron chi connectivity index (χ0n) is 13.8. The Morgan fingerprint density at radius 1 is 1.08 bits per heavy atom. The Bertz CT molecular complexity index is 438. The lowest BCUT2D eigenvalue weighted by molar-refractivity contribution is -0.148. The number of nitrogens with one attached hydrogen (secondary N) is 1. The molecule has 2 N–H and O–H groups in total. The fraction of sp³-hybridized carbons (Fsp3) is 0.938. The Kier molecular flexibility index (Phi) is 5.24. The molecule has 0 spiro atoms. The molecule has 8 heteroatoms. The molecule has 138 valence electrons. The van der Waals surface area contributed by atoms with Gasteiger partial charge in [0.25, 0.3) is 0 Å². The summed E-state index contributed by atoms with van der Waals surface area (Å²) in [5.41, 5.74) is 0. The van der Waals surface area contributed by atoms with Gasteiger partial charge in [0.15, 0.2) is 0 Å². The van der Waals surface area contributed by atoms with Gasteiger partial charge in [-0.15, -0.1) is 0 Å². The second-order valence-corrected chi connectivity index (χ2v) is 7.44. The summed E-state index contributed by atoms with van der Waals surface area (Å²) in [7, 11) is 0. The molecule has 0 aliphatic carbocycles. The predicted molar refractivity (Wildman–Crippen MR) is 82.5 cm³/mol. The van der Waals surface area contributed by atoms with Gasteiger partial charge in [-0.05, 0) is 57.5 Å². The highest BCUT2D eigenvalue weighted by Gasteiger charge is 2.42. The molecule has 0 radical (unpaired) electrons. The van der Waals surface area contributed by atoms with Gasteiger partial charge in [0.2, 0.25) is 0 Å². The van der Waals surface area contributed by atoms with Crippen molar-refractivity contribution in [3.8, 4) is 0 Å². The Balaban J connectivity index is 1.40. The first-order valence-corrected chi connectivity index (χ1v) is 8.85. The number of piperidine rings is 2. The standard InChI is InChI=1S/C16H26F3N3O2/c17-16(18,19)10-21-5-3-11(4-6-21)9-20-15(24)22-12-1-2-13(22)8-14(23)7-12/h11-14,23H,1-10H2,(H,20,24). The summed E-state index contributed by atoms with van der Waals surface area (Å²) in [5.74, 6) is 0.242. The average molecular weight is 349 g/mol. The van der Waals surface area contributed by atoms with E-state index >= 15 is 0 Å². The third-order valence-electron chi connectivity index (χ3n) is 5.59. The summed E-state index contributed by atoms with van der Waals surface area (Å²) in [6.45, 7) is 0.547. The van der Waals surface area contributed by atoms with Crippen LogP contribution in [0.4, 0.5) is 18.0 Å². The number of hydrogen-bond donors (Lipinski definition) is 2. The predicted octanol–water partition coefficient (Wildman–Crippen LogP) is 1.96. The molecule has 2 bridgehead atoms. The van der Waals surface area contributed by atoms with Gasteiger partial charge in [0, 0.05) is 18.6 Å². The van der Waals surface area contributed by atoms with E-state index in [1.165, 1.54) is 4.90 Å². The van der Waals surface area contributed by atoms with Gasteiger partial charge in [-0.2, -0.15) is 13.2 Å². The third kappa shape index (κ3) is 4.33. The smallest absolute Gasteiger partial charge is 0.393 e. The molecule has 2 amide bonds. The van der Waals surface area contributed by atoms with Crippen LogP contribution in [0.25, 0.3) is 0 Å². The number of urea groups is 1. The highest BCUT2D eigenvalue weighted by Crippen LogP contribution is 2.35. The summed E-state index contributed by atoms with van der Waals surface area (Å²) in [6, 6.07) is 0.187. The van der Waals surface area contributed by atoms with Crippen LogP contribution >= 0.6 is 0 Å². The molecule has 2 atom stereocenters. The van der Waals surface area contributed by atoms with Gasteiger partial charge in [-0.25, -0.2) is 4.79 Å². The minimum atomic E-state index is -4.14. The molecule has 3 rings (SSSR count). The SMILES string of the molecule is O=C(NCC1CCN(CC(F)(F)F)CC1)N1C2CCC1CC(O)C2. The molecule has 0 aromatic rings. The Morgan fingerprint density at radius 2 is 1.67 bits per heavy atom. The molecule has 3 fully saturated rings. The van der Waals surface area contributed by atoms with E-state index in [1.54, 1.807) is 0 Å². The minimum Gasteiger partial charge on any atom is -0.393 e. The maximum absolute atomic E-state index is 12.4. The van der Waals surface area contributed by atoms with E-state index in [0.29, 0.717) is 45.3 Å².